The second kappa shape index (κ2) is 6.70. The first-order chi connectivity index (χ1) is 12.0. The molecule has 7 heteroatoms. The smallest absolute Gasteiger partial charge is 0.340 e. The van der Waals surface area contributed by atoms with Crippen molar-refractivity contribution in [2.75, 3.05) is 6.61 Å². The minimum absolute atomic E-state index is 0.0106. The molecule has 0 bridgehead atoms. The molecule has 0 saturated carbocycles. The van der Waals surface area contributed by atoms with Crippen LogP contribution in [-0.4, -0.2) is 30.1 Å². The van der Waals surface area contributed by atoms with Crippen LogP contribution in [0.2, 0.25) is 0 Å². The van der Waals surface area contributed by atoms with Gasteiger partial charge in [-0.3, -0.25) is 0 Å². The van der Waals surface area contributed by atoms with Crippen molar-refractivity contribution in [3.63, 3.8) is 0 Å². The first-order valence-electron chi connectivity index (χ1n) is 7.73. The fourth-order valence-electron chi connectivity index (χ4n) is 2.81. The number of rotatable bonds is 5. The Morgan fingerprint density at radius 3 is 2.36 bits per heavy atom. The zero-order chi connectivity index (χ0) is 18.0. The van der Waals surface area contributed by atoms with Gasteiger partial charge in [-0.25, -0.2) is 17.2 Å². The summed E-state index contributed by atoms with van der Waals surface area (Å²) in [6.45, 7) is 1.19. The molecule has 0 amide bonds. The van der Waals surface area contributed by atoms with Gasteiger partial charge in [-0.05, 0) is 25.1 Å². The van der Waals surface area contributed by atoms with Gasteiger partial charge in [0.25, 0.3) is 10.0 Å². The number of fused-ring (bicyclic) bond motifs is 1. The second-order valence-electron chi connectivity index (χ2n) is 5.30. The monoisotopic (exact) mass is 359 g/mol. The molecule has 0 radical (unpaired) electrons. The largest absolute Gasteiger partial charge is 0.462 e. The minimum atomic E-state index is -3.99. The number of aromatic nitrogens is 1. The Morgan fingerprint density at radius 1 is 1.08 bits per heavy atom. The van der Waals surface area contributed by atoms with Crippen LogP contribution in [0.1, 0.15) is 23.0 Å². The SMILES string of the molecule is CCOC(=O)c1c(CO)n(S(=O)(=O)c2ccccc2)c2ccccc12. The maximum Gasteiger partial charge on any atom is 0.340 e. The van der Waals surface area contributed by atoms with E-state index in [-0.39, 0.29) is 22.8 Å². The van der Waals surface area contributed by atoms with E-state index < -0.39 is 22.6 Å². The summed E-state index contributed by atoms with van der Waals surface area (Å²) in [7, 11) is -3.99. The number of hydrogen-bond acceptors (Lipinski definition) is 5. The third-order valence-electron chi connectivity index (χ3n) is 3.84. The van der Waals surface area contributed by atoms with E-state index in [4.69, 9.17) is 4.74 Å². The Bertz CT molecular complexity index is 1020. The zero-order valence-corrected chi connectivity index (χ0v) is 14.4. The maximum absolute atomic E-state index is 13.1. The van der Waals surface area contributed by atoms with Crippen molar-refractivity contribution in [3.05, 3.63) is 65.9 Å². The lowest BCUT2D eigenvalue weighted by molar-refractivity contribution is 0.0525. The molecule has 25 heavy (non-hydrogen) atoms. The van der Waals surface area contributed by atoms with Crippen LogP contribution in [0.25, 0.3) is 10.9 Å². The number of benzene rings is 2. The van der Waals surface area contributed by atoms with E-state index in [2.05, 4.69) is 0 Å². The van der Waals surface area contributed by atoms with Gasteiger partial charge in [-0.1, -0.05) is 36.4 Å². The van der Waals surface area contributed by atoms with Gasteiger partial charge < -0.3 is 9.84 Å². The molecular weight excluding hydrogens is 342 g/mol. The number of aliphatic hydroxyl groups is 1. The minimum Gasteiger partial charge on any atom is -0.462 e. The summed E-state index contributed by atoms with van der Waals surface area (Å²) >= 11 is 0. The molecule has 1 heterocycles. The molecule has 6 nitrogen and oxygen atoms in total. The Kier molecular flexibility index (Phi) is 4.61. The average Bonchev–Trinajstić information content (AvgIpc) is 2.97. The molecule has 0 atom stereocenters. The van der Waals surface area contributed by atoms with E-state index in [1.165, 1.54) is 12.1 Å². The van der Waals surface area contributed by atoms with Crippen LogP contribution >= 0.6 is 0 Å². The summed E-state index contributed by atoms with van der Waals surface area (Å²) in [5.41, 5.74) is 0.376. The summed E-state index contributed by atoms with van der Waals surface area (Å²) in [5.74, 6) is -0.662. The van der Waals surface area contributed by atoms with Crippen LogP contribution < -0.4 is 0 Å². The number of nitrogens with zero attached hydrogens (tertiary/aromatic N) is 1. The van der Waals surface area contributed by atoms with E-state index in [0.29, 0.717) is 10.9 Å². The summed E-state index contributed by atoms with van der Waals surface area (Å²) in [6, 6.07) is 14.5. The van der Waals surface area contributed by atoms with Gasteiger partial charge in [-0.15, -0.1) is 0 Å². The van der Waals surface area contributed by atoms with Crippen molar-refractivity contribution in [2.45, 2.75) is 18.4 Å². The number of hydrogen-bond donors (Lipinski definition) is 1. The molecule has 0 unspecified atom stereocenters. The molecule has 0 aliphatic heterocycles. The summed E-state index contributed by atoms with van der Waals surface area (Å²) < 4.78 is 32.3. The van der Waals surface area contributed by atoms with E-state index >= 15 is 0 Å². The standard InChI is InChI=1S/C18H17NO5S/c1-2-24-18(21)17-14-10-6-7-11-15(14)19(16(17)12-20)25(22,23)13-8-4-3-5-9-13/h3-11,20H,2,12H2,1H3. The van der Waals surface area contributed by atoms with Crippen molar-refractivity contribution < 1.29 is 23.1 Å². The maximum atomic E-state index is 13.1. The fraction of sp³-hybridized carbons (Fsp3) is 0.167. The molecule has 3 rings (SSSR count). The number of ether oxygens (including phenoxy) is 1. The predicted octanol–water partition coefficient (Wildman–Crippen LogP) is 2.55. The lowest BCUT2D eigenvalue weighted by atomic mass is 10.1. The average molecular weight is 359 g/mol. The predicted molar refractivity (Wildman–Crippen MR) is 92.8 cm³/mol. The number of carbonyl (C=O) groups excluding carboxylic acids is 1. The van der Waals surface area contributed by atoms with Crippen LogP contribution in [0.3, 0.4) is 0 Å². The number of aliphatic hydroxyl groups excluding tert-OH is 1. The van der Waals surface area contributed by atoms with E-state index in [0.717, 1.165) is 3.97 Å². The molecule has 1 aromatic heterocycles. The van der Waals surface area contributed by atoms with Crippen molar-refractivity contribution in [3.8, 4) is 0 Å². The van der Waals surface area contributed by atoms with Crippen LogP contribution in [0, 0.1) is 0 Å². The molecule has 0 aliphatic carbocycles. The summed E-state index contributed by atoms with van der Waals surface area (Å²) in [5, 5.41) is 10.3. The molecule has 0 aliphatic rings. The van der Waals surface area contributed by atoms with Crippen molar-refractivity contribution in [1.82, 2.24) is 3.97 Å². The van der Waals surface area contributed by atoms with Crippen LogP contribution in [0.5, 0.6) is 0 Å². The number of carbonyl (C=O) groups is 1. The van der Waals surface area contributed by atoms with Gasteiger partial charge in [-0.2, -0.15) is 0 Å². The van der Waals surface area contributed by atoms with Gasteiger partial charge in [0.15, 0.2) is 0 Å². The second-order valence-corrected chi connectivity index (χ2v) is 7.09. The van der Waals surface area contributed by atoms with Crippen molar-refractivity contribution in [2.24, 2.45) is 0 Å². The van der Waals surface area contributed by atoms with Crippen LogP contribution in [0.4, 0.5) is 0 Å². The van der Waals surface area contributed by atoms with Gasteiger partial charge >= 0.3 is 5.97 Å². The molecule has 0 fully saturated rings. The summed E-state index contributed by atoms with van der Waals surface area (Å²) in [6.07, 6.45) is 0. The van der Waals surface area contributed by atoms with Gasteiger partial charge in [0.1, 0.15) is 0 Å². The molecule has 0 spiro atoms. The molecule has 130 valence electrons. The van der Waals surface area contributed by atoms with Gasteiger partial charge in [0.05, 0.1) is 34.9 Å². The first-order valence-corrected chi connectivity index (χ1v) is 9.17. The molecule has 0 saturated heterocycles. The highest BCUT2D eigenvalue weighted by molar-refractivity contribution is 7.90. The zero-order valence-electron chi connectivity index (χ0n) is 13.5. The van der Waals surface area contributed by atoms with Crippen molar-refractivity contribution in [1.29, 1.82) is 0 Å². The Balaban J connectivity index is 2.38. The van der Waals surface area contributed by atoms with Gasteiger partial charge in [0.2, 0.25) is 0 Å². The Labute approximate surface area is 145 Å². The number of para-hydroxylation sites is 1. The number of esters is 1. The third kappa shape index (κ3) is 2.81. The third-order valence-corrected chi connectivity index (χ3v) is 5.60. The Morgan fingerprint density at radius 2 is 1.72 bits per heavy atom. The Hall–Kier alpha value is -2.64. The lowest BCUT2D eigenvalue weighted by Crippen LogP contribution is -2.17. The highest BCUT2D eigenvalue weighted by atomic mass is 32.2. The molecule has 3 aromatic rings. The van der Waals surface area contributed by atoms with Crippen molar-refractivity contribution >= 4 is 26.9 Å². The first kappa shape index (κ1) is 17.2. The van der Waals surface area contributed by atoms with E-state index in [1.807, 2.05) is 0 Å². The fourth-order valence-corrected chi connectivity index (χ4v) is 4.38. The quantitative estimate of drug-likeness (QED) is 0.708. The summed E-state index contributed by atoms with van der Waals surface area (Å²) in [4.78, 5) is 12.4. The normalized spacial score (nSPS) is 11.6. The topological polar surface area (TPSA) is 85.6 Å². The highest BCUT2D eigenvalue weighted by Gasteiger charge is 2.29. The lowest BCUT2D eigenvalue weighted by Gasteiger charge is -2.11. The molecule has 2 aromatic carbocycles. The van der Waals surface area contributed by atoms with Gasteiger partial charge in [0, 0.05) is 5.39 Å². The van der Waals surface area contributed by atoms with E-state index in [1.54, 1.807) is 49.4 Å². The van der Waals surface area contributed by atoms with Crippen LogP contribution in [0.15, 0.2) is 59.5 Å². The molecular formula is C18H17NO5S. The highest BCUT2D eigenvalue weighted by Crippen LogP contribution is 2.31. The van der Waals surface area contributed by atoms with E-state index in [9.17, 15) is 18.3 Å². The van der Waals surface area contributed by atoms with Crippen LogP contribution in [-0.2, 0) is 21.4 Å². The molecule has 1 N–H and O–H groups in total.